The first-order chi connectivity index (χ1) is 21.4. The number of aromatic nitrogens is 5. The summed E-state index contributed by atoms with van der Waals surface area (Å²) in [5.74, 6) is 2.55. The molecular weight excluding hydrogens is 542 g/mol. The second-order valence-electron chi connectivity index (χ2n) is 11.5. The predicted molar refractivity (Wildman–Crippen MR) is 179 cm³/mol. The Labute approximate surface area is 255 Å². The Bertz CT molecular complexity index is 2230. The molecule has 8 rings (SSSR count). The zero-order valence-corrected chi connectivity index (χ0v) is 25.4. The molecule has 7 nitrogen and oxygen atoms in total. The van der Waals surface area contributed by atoms with Gasteiger partial charge < -0.3 is 0 Å². The molecule has 214 valence electrons. The summed E-state index contributed by atoms with van der Waals surface area (Å²) in [6.07, 6.45) is 4.32. The van der Waals surface area contributed by atoms with Gasteiger partial charge in [-0.15, -0.1) is 0 Å². The van der Waals surface area contributed by atoms with E-state index in [-0.39, 0.29) is 0 Å². The largest absolute Gasteiger partial charge is 0.276 e. The molecule has 0 saturated carbocycles. The maximum Gasteiger partial charge on any atom is 0.183 e. The molecule has 0 saturated heterocycles. The smallest absolute Gasteiger partial charge is 0.183 e. The van der Waals surface area contributed by atoms with Gasteiger partial charge in [-0.25, -0.2) is 19.5 Å². The highest BCUT2D eigenvalue weighted by Gasteiger charge is 2.39. The second kappa shape index (κ2) is 9.74. The summed E-state index contributed by atoms with van der Waals surface area (Å²) < 4.78 is 1.95. The van der Waals surface area contributed by atoms with Crippen LogP contribution < -0.4 is 15.0 Å². The number of benzene rings is 4. The van der Waals surface area contributed by atoms with Gasteiger partial charge >= 0.3 is 0 Å². The molecule has 4 heterocycles. The van der Waals surface area contributed by atoms with E-state index in [9.17, 15) is 0 Å². The highest BCUT2D eigenvalue weighted by molar-refractivity contribution is 5.96. The lowest BCUT2D eigenvalue weighted by Crippen LogP contribution is -2.24. The molecule has 0 atom stereocenters. The molecule has 0 aliphatic carbocycles. The Hall–Kier alpha value is -5.56. The summed E-state index contributed by atoms with van der Waals surface area (Å²) in [4.78, 5) is 20.0. The summed E-state index contributed by atoms with van der Waals surface area (Å²) in [6.45, 7) is 10.7. The topological polar surface area (TPSA) is 62.5 Å². The van der Waals surface area contributed by atoms with Crippen molar-refractivity contribution in [1.29, 1.82) is 0 Å². The van der Waals surface area contributed by atoms with Gasteiger partial charge in [0.15, 0.2) is 17.3 Å². The van der Waals surface area contributed by atoms with Gasteiger partial charge in [0.05, 0.1) is 39.1 Å². The molecule has 0 unspecified atom stereocenters. The van der Waals surface area contributed by atoms with Crippen LogP contribution in [-0.4, -0.2) is 24.6 Å². The van der Waals surface area contributed by atoms with Gasteiger partial charge in [0.2, 0.25) is 0 Å². The number of allylic oxidation sites excluding steroid dienone is 1. The number of aryl methyl sites for hydroxylation is 5. The number of hydrogen-bond acceptors (Lipinski definition) is 6. The van der Waals surface area contributed by atoms with Gasteiger partial charge in [-0.05, 0) is 93.3 Å². The van der Waals surface area contributed by atoms with E-state index in [1.165, 1.54) is 0 Å². The SMILES string of the molecule is Cc1cccc(C)c1N1C(=C/C=c2/c(C)nn3c2nc2ccccc23)N(c2c(C)cccc2C)c2nc3ccccc3nc21. The molecule has 3 aromatic heterocycles. The zero-order valence-electron chi connectivity index (χ0n) is 25.4. The average Bonchev–Trinajstić information content (AvgIpc) is 3.62. The van der Waals surface area contributed by atoms with Crippen molar-refractivity contribution in [2.24, 2.45) is 0 Å². The number of anilines is 4. The Morgan fingerprint density at radius 3 is 1.57 bits per heavy atom. The third-order valence-electron chi connectivity index (χ3n) is 8.56. The molecule has 44 heavy (non-hydrogen) atoms. The molecule has 0 amide bonds. The van der Waals surface area contributed by atoms with E-state index in [4.69, 9.17) is 20.1 Å². The minimum absolute atomic E-state index is 0.803. The highest BCUT2D eigenvalue weighted by Crippen LogP contribution is 2.51. The number of hydrogen-bond donors (Lipinski definition) is 0. The highest BCUT2D eigenvalue weighted by atomic mass is 15.5. The number of imidazole rings is 1. The Kier molecular flexibility index (Phi) is 5.78. The summed E-state index contributed by atoms with van der Waals surface area (Å²) in [7, 11) is 0. The normalized spacial score (nSPS) is 13.6. The number of nitrogens with zero attached hydrogens (tertiary/aromatic N) is 7. The molecule has 0 radical (unpaired) electrons. The summed E-state index contributed by atoms with van der Waals surface area (Å²) in [6, 6.07) is 29.1. The van der Waals surface area contributed by atoms with E-state index < -0.39 is 0 Å². The Morgan fingerprint density at radius 1 is 0.523 bits per heavy atom. The molecule has 7 heteroatoms. The lowest BCUT2D eigenvalue weighted by molar-refractivity contribution is 0.973. The van der Waals surface area contributed by atoms with Crippen LogP contribution >= 0.6 is 0 Å². The first-order valence-corrected chi connectivity index (χ1v) is 14.9. The summed E-state index contributed by atoms with van der Waals surface area (Å²) in [5.41, 5.74) is 12.2. The number of rotatable bonds is 3. The van der Waals surface area contributed by atoms with Crippen molar-refractivity contribution >= 4 is 56.8 Å². The van der Waals surface area contributed by atoms with Crippen molar-refractivity contribution in [3.05, 3.63) is 130 Å². The van der Waals surface area contributed by atoms with E-state index in [0.29, 0.717) is 0 Å². The Balaban J connectivity index is 1.48. The van der Waals surface area contributed by atoms with E-state index >= 15 is 0 Å². The molecule has 1 aliphatic rings. The van der Waals surface area contributed by atoms with Gasteiger partial charge in [-0.3, -0.25) is 9.80 Å². The zero-order chi connectivity index (χ0) is 30.1. The minimum atomic E-state index is 0.803. The maximum absolute atomic E-state index is 5.26. The first kappa shape index (κ1) is 26.1. The van der Waals surface area contributed by atoms with Crippen LogP contribution in [-0.2, 0) is 0 Å². The van der Waals surface area contributed by atoms with Crippen LogP contribution in [0.25, 0.3) is 33.8 Å². The fourth-order valence-electron chi connectivity index (χ4n) is 6.51. The van der Waals surface area contributed by atoms with Crippen molar-refractivity contribution in [1.82, 2.24) is 24.6 Å². The predicted octanol–water partition coefficient (Wildman–Crippen LogP) is 7.70. The van der Waals surface area contributed by atoms with Gasteiger partial charge in [0.1, 0.15) is 5.82 Å². The van der Waals surface area contributed by atoms with Crippen LogP contribution in [0.4, 0.5) is 23.0 Å². The summed E-state index contributed by atoms with van der Waals surface area (Å²) in [5, 5.41) is 5.86. The van der Waals surface area contributed by atoms with E-state index in [0.717, 1.165) is 89.7 Å². The van der Waals surface area contributed by atoms with Crippen LogP contribution in [0.5, 0.6) is 0 Å². The third-order valence-corrected chi connectivity index (χ3v) is 8.56. The van der Waals surface area contributed by atoms with Crippen molar-refractivity contribution in [2.45, 2.75) is 34.6 Å². The molecule has 0 N–H and O–H groups in total. The van der Waals surface area contributed by atoms with Crippen molar-refractivity contribution in [3.8, 4) is 0 Å². The minimum Gasteiger partial charge on any atom is -0.276 e. The molecule has 1 aliphatic heterocycles. The number of para-hydroxylation sites is 6. The van der Waals surface area contributed by atoms with Gasteiger partial charge in [0, 0.05) is 5.22 Å². The lowest BCUT2D eigenvalue weighted by atomic mass is 10.1. The molecule has 4 aromatic carbocycles. The number of fused-ring (bicyclic) bond motifs is 5. The molecule has 7 aromatic rings. The Morgan fingerprint density at radius 2 is 1.02 bits per heavy atom. The van der Waals surface area contributed by atoms with Crippen LogP contribution in [0, 0.1) is 34.6 Å². The molecule has 0 spiro atoms. The average molecular weight is 574 g/mol. The molecule has 0 fully saturated rings. The monoisotopic (exact) mass is 573 g/mol. The van der Waals surface area contributed by atoms with Crippen molar-refractivity contribution < 1.29 is 0 Å². The van der Waals surface area contributed by atoms with Crippen LogP contribution in [0.1, 0.15) is 27.9 Å². The van der Waals surface area contributed by atoms with Crippen molar-refractivity contribution in [2.75, 3.05) is 9.80 Å². The third kappa shape index (κ3) is 3.82. The fourth-order valence-corrected chi connectivity index (χ4v) is 6.51. The quantitative estimate of drug-likeness (QED) is 0.216. The van der Waals surface area contributed by atoms with Crippen LogP contribution in [0.15, 0.2) is 96.8 Å². The molecular formula is C37H31N7. The fraction of sp³-hybridized carbons (Fsp3) is 0.135. The second-order valence-corrected chi connectivity index (χ2v) is 11.5. The summed E-state index contributed by atoms with van der Waals surface area (Å²) >= 11 is 0. The maximum atomic E-state index is 5.26. The van der Waals surface area contributed by atoms with E-state index in [2.05, 4.69) is 92.1 Å². The van der Waals surface area contributed by atoms with Crippen molar-refractivity contribution in [3.63, 3.8) is 0 Å². The van der Waals surface area contributed by atoms with Gasteiger partial charge in [-0.1, -0.05) is 60.7 Å². The molecule has 0 bridgehead atoms. The lowest BCUT2D eigenvalue weighted by Gasteiger charge is -2.28. The van der Waals surface area contributed by atoms with Crippen LogP contribution in [0.2, 0.25) is 0 Å². The first-order valence-electron chi connectivity index (χ1n) is 14.9. The van der Waals surface area contributed by atoms with Gasteiger partial charge in [0.25, 0.3) is 0 Å². The van der Waals surface area contributed by atoms with Crippen LogP contribution in [0.3, 0.4) is 0 Å². The van der Waals surface area contributed by atoms with E-state index in [1.807, 2.05) is 53.9 Å². The standard InChI is InChI=1S/C37H31N7/c1-22-12-10-13-23(2)33(22)42-32(21-20-27-26(5)41-44-31-19-9-8-18-30(31)40-35(27)44)43(34-24(3)14-11-15-25(34)4)37-36(42)38-28-16-6-7-17-29(28)39-37/h6-21H,1-5H3/b27-20-. The van der Waals surface area contributed by atoms with E-state index in [1.54, 1.807) is 0 Å². The van der Waals surface area contributed by atoms with Gasteiger partial charge in [-0.2, -0.15) is 5.10 Å².